The van der Waals surface area contributed by atoms with Crippen LogP contribution in [-0.4, -0.2) is 30.3 Å². The largest absolute Gasteiger partial charge is 0.395 e. The number of methoxy groups -OCH3 is 1. The summed E-state index contributed by atoms with van der Waals surface area (Å²) in [6.45, 7) is 3.36. The van der Waals surface area contributed by atoms with Crippen LogP contribution in [0.25, 0.3) is 0 Å². The number of carbonyl (C=O) groups is 1. The lowest BCUT2D eigenvalue weighted by Gasteiger charge is -2.22. The quantitative estimate of drug-likeness (QED) is 0.839. The van der Waals surface area contributed by atoms with Gasteiger partial charge in [-0.2, -0.15) is 0 Å². The van der Waals surface area contributed by atoms with Crippen molar-refractivity contribution in [1.29, 1.82) is 0 Å². The molecule has 0 unspecified atom stereocenters. The number of anilines is 1. The van der Waals surface area contributed by atoms with Gasteiger partial charge in [0.15, 0.2) is 0 Å². The van der Waals surface area contributed by atoms with Crippen molar-refractivity contribution in [3.05, 3.63) is 28.8 Å². The molecule has 0 aliphatic heterocycles. The van der Waals surface area contributed by atoms with E-state index >= 15 is 0 Å². The number of rotatable bonds is 4. The Labute approximate surface area is 124 Å². The molecule has 0 atom stereocenters. The van der Waals surface area contributed by atoms with Crippen LogP contribution in [-0.2, 0) is 9.53 Å². The summed E-state index contributed by atoms with van der Waals surface area (Å²) in [7, 11) is 1.47. The van der Waals surface area contributed by atoms with Gasteiger partial charge in [0, 0.05) is 19.1 Å². The van der Waals surface area contributed by atoms with Crippen molar-refractivity contribution < 1.29 is 14.6 Å². The molecule has 0 aliphatic carbocycles. The Morgan fingerprint density at radius 2 is 2.20 bits per heavy atom. The summed E-state index contributed by atoms with van der Waals surface area (Å²) >= 11 is 6.05. The molecule has 108 valence electrons. The smallest absolute Gasteiger partial charge is 0.256 e. The second kappa shape index (κ2) is 7.30. The van der Waals surface area contributed by atoms with E-state index in [2.05, 4.69) is 17.2 Å². The highest BCUT2D eigenvalue weighted by Crippen LogP contribution is 2.24. The fourth-order valence-corrected chi connectivity index (χ4v) is 1.45. The first-order valence-electron chi connectivity index (χ1n) is 6.16. The monoisotopic (exact) mass is 295 g/mol. The van der Waals surface area contributed by atoms with Crippen LogP contribution < -0.4 is 5.32 Å². The molecule has 1 aromatic carbocycles. The maximum atomic E-state index is 12.0. The van der Waals surface area contributed by atoms with E-state index in [0.717, 1.165) is 0 Å². The summed E-state index contributed by atoms with van der Waals surface area (Å²) in [5, 5.41) is 11.8. The molecule has 1 rings (SSSR count). The molecule has 4 nitrogen and oxygen atoms in total. The van der Waals surface area contributed by atoms with E-state index < -0.39 is 5.60 Å². The van der Waals surface area contributed by atoms with Gasteiger partial charge in [0.2, 0.25) is 0 Å². The molecule has 0 aliphatic rings. The van der Waals surface area contributed by atoms with Gasteiger partial charge in [-0.1, -0.05) is 23.4 Å². The predicted molar refractivity (Wildman–Crippen MR) is 79.8 cm³/mol. The van der Waals surface area contributed by atoms with Crippen LogP contribution in [0.2, 0.25) is 5.02 Å². The van der Waals surface area contributed by atoms with Crippen LogP contribution in [0.3, 0.4) is 0 Å². The van der Waals surface area contributed by atoms with E-state index in [9.17, 15) is 4.79 Å². The molecule has 0 aromatic heterocycles. The van der Waals surface area contributed by atoms with Gasteiger partial charge in [-0.15, -0.1) is 0 Å². The summed E-state index contributed by atoms with van der Waals surface area (Å²) in [5.74, 6) is 5.41. The van der Waals surface area contributed by atoms with Gasteiger partial charge in [0.05, 0.1) is 17.3 Å². The predicted octanol–water partition coefficient (Wildman–Crippen LogP) is 2.44. The molecule has 0 saturated carbocycles. The number of nitrogens with one attached hydrogen (secondary N) is 1. The fourth-order valence-electron chi connectivity index (χ4n) is 1.28. The van der Waals surface area contributed by atoms with Gasteiger partial charge in [0.25, 0.3) is 5.91 Å². The Kier molecular flexibility index (Phi) is 6.03. The summed E-state index contributed by atoms with van der Waals surface area (Å²) < 4.78 is 5.11. The van der Waals surface area contributed by atoms with Crippen LogP contribution in [0.15, 0.2) is 18.2 Å². The Morgan fingerprint density at radius 3 is 2.80 bits per heavy atom. The third kappa shape index (κ3) is 4.53. The number of halogens is 1. The lowest BCUT2D eigenvalue weighted by Crippen LogP contribution is -2.38. The second-order valence-electron chi connectivity index (χ2n) is 4.64. The number of benzene rings is 1. The average molecular weight is 296 g/mol. The van der Waals surface area contributed by atoms with Crippen LogP contribution in [0.5, 0.6) is 0 Å². The highest BCUT2D eigenvalue weighted by atomic mass is 35.5. The zero-order valence-corrected chi connectivity index (χ0v) is 12.5. The highest BCUT2D eigenvalue weighted by Gasteiger charge is 2.27. The standard InChI is InChI=1S/C15H18ClNO3/c1-15(2,20-3)14(19)17-13-10-11(6-4-5-9-18)7-8-12(13)16/h7-8,10,18H,5,9H2,1-3H3,(H,17,19). The number of carbonyl (C=O) groups excluding carboxylic acids is 1. The number of hydrogen-bond donors (Lipinski definition) is 2. The van der Waals surface area contributed by atoms with E-state index in [-0.39, 0.29) is 12.5 Å². The fraction of sp³-hybridized carbons (Fsp3) is 0.400. The number of aliphatic hydroxyl groups excluding tert-OH is 1. The summed E-state index contributed by atoms with van der Waals surface area (Å²) in [4.78, 5) is 12.0. The summed E-state index contributed by atoms with van der Waals surface area (Å²) in [5.41, 5.74) is 0.257. The van der Waals surface area contributed by atoms with Crippen LogP contribution in [0, 0.1) is 11.8 Å². The number of amides is 1. The Morgan fingerprint density at radius 1 is 1.50 bits per heavy atom. The molecule has 0 fully saturated rings. The van der Waals surface area contributed by atoms with Gasteiger partial charge < -0.3 is 15.2 Å². The Balaban J connectivity index is 2.93. The SMILES string of the molecule is COC(C)(C)C(=O)Nc1cc(C#CCCO)ccc1Cl. The van der Waals surface area contributed by atoms with E-state index in [1.54, 1.807) is 32.0 Å². The van der Waals surface area contributed by atoms with E-state index in [1.165, 1.54) is 7.11 Å². The van der Waals surface area contributed by atoms with Crippen LogP contribution in [0.4, 0.5) is 5.69 Å². The molecule has 0 radical (unpaired) electrons. The topological polar surface area (TPSA) is 58.6 Å². The molecule has 0 saturated heterocycles. The minimum absolute atomic E-state index is 0.0201. The van der Waals surface area contributed by atoms with E-state index in [1.807, 2.05) is 0 Å². The average Bonchev–Trinajstić information content (AvgIpc) is 2.42. The highest BCUT2D eigenvalue weighted by molar-refractivity contribution is 6.33. The van der Waals surface area contributed by atoms with Crippen molar-refractivity contribution in [3.63, 3.8) is 0 Å². The van der Waals surface area contributed by atoms with Crippen LogP contribution >= 0.6 is 11.6 Å². The van der Waals surface area contributed by atoms with Crippen molar-refractivity contribution in [2.75, 3.05) is 19.0 Å². The van der Waals surface area contributed by atoms with Gasteiger partial charge in [-0.3, -0.25) is 4.79 Å². The molecule has 0 spiro atoms. The molecule has 1 amide bonds. The van der Waals surface area contributed by atoms with Crippen molar-refractivity contribution in [2.24, 2.45) is 0 Å². The van der Waals surface area contributed by atoms with E-state index in [4.69, 9.17) is 21.4 Å². The first-order valence-corrected chi connectivity index (χ1v) is 6.54. The zero-order valence-electron chi connectivity index (χ0n) is 11.8. The maximum Gasteiger partial charge on any atom is 0.256 e. The minimum atomic E-state index is -0.943. The third-order valence-corrected chi connectivity index (χ3v) is 3.07. The zero-order chi connectivity index (χ0) is 15.2. The maximum absolute atomic E-state index is 12.0. The lowest BCUT2D eigenvalue weighted by molar-refractivity contribution is -0.133. The second-order valence-corrected chi connectivity index (χ2v) is 5.05. The van der Waals surface area contributed by atoms with Crippen molar-refractivity contribution in [2.45, 2.75) is 25.9 Å². The molecule has 0 bridgehead atoms. The Bertz CT molecular complexity index is 544. The summed E-state index contributed by atoms with van der Waals surface area (Å²) in [6, 6.07) is 5.11. The lowest BCUT2D eigenvalue weighted by atomic mass is 10.1. The van der Waals surface area contributed by atoms with Crippen molar-refractivity contribution in [3.8, 4) is 11.8 Å². The molecule has 0 heterocycles. The minimum Gasteiger partial charge on any atom is -0.395 e. The van der Waals surface area contributed by atoms with Crippen molar-refractivity contribution in [1.82, 2.24) is 0 Å². The van der Waals surface area contributed by atoms with Crippen LogP contribution in [0.1, 0.15) is 25.8 Å². The van der Waals surface area contributed by atoms with E-state index in [0.29, 0.717) is 22.7 Å². The first-order chi connectivity index (χ1) is 9.40. The van der Waals surface area contributed by atoms with Gasteiger partial charge in [0.1, 0.15) is 5.60 Å². The molecule has 1 aromatic rings. The van der Waals surface area contributed by atoms with Gasteiger partial charge >= 0.3 is 0 Å². The first kappa shape index (κ1) is 16.5. The Hall–Kier alpha value is -1.54. The number of hydrogen-bond acceptors (Lipinski definition) is 3. The normalized spacial score (nSPS) is 10.7. The van der Waals surface area contributed by atoms with Gasteiger partial charge in [-0.25, -0.2) is 0 Å². The molecule has 5 heteroatoms. The molecule has 2 N–H and O–H groups in total. The number of aliphatic hydroxyl groups is 1. The molecular weight excluding hydrogens is 278 g/mol. The number of ether oxygens (including phenoxy) is 1. The third-order valence-electron chi connectivity index (χ3n) is 2.74. The summed E-state index contributed by atoms with van der Waals surface area (Å²) in [6.07, 6.45) is 0.404. The molecule has 20 heavy (non-hydrogen) atoms. The van der Waals surface area contributed by atoms with Crippen molar-refractivity contribution >= 4 is 23.2 Å². The molecular formula is C15H18ClNO3. The van der Waals surface area contributed by atoms with Gasteiger partial charge in [-0.05, 0) is 32.0 Å².